The summed E-state index contributed by atoms with van der Waals surface area (Å²) in [5.41, 5.74) is 0.340. The molecule has 0 heterocycles. The second-order valence-electron chi connectivity index (χ2n) is 5.77. The van der Waals surface area contributed by atoms with Crippen molar-refractivity contribution in [1.29, 1.82) is 0 Å². The molecule has 1 aliphatic rings. The number of carboxylic acids is 1. The molecule has 0 aromatic heterocycles. The molecule has 0 aliphatic heterocycles. The fourth-order valence-electron chi connectivity index (χ4n) is 2.74. The number of aliphatic carboxylic acids is 1. The summed E-state index contributed by atoms with van der Waals surface area (Å²) in [5.74, 6) is -0.746. The van der Waals surface area contributed by atoms with Crippen molar-refractivity contribution >= 4 is 5.97 Å². The van der Waals surface area contributed by atoms with E-state index in [1.54, 1.807) is 7.11 Å². The van der Waals surface area contributed by atoms with Gasteiger partial charge in [-0.05, 0) is 24.7 Å². The van der Waals surface area contributed by atoms with Gasteiger partial charge in [-0.15, -0.1) is 0 Å². The lowest BCUT2D eigenvalue weighted by molar-refractivity contribution is -0.139. The second-order valence-corrected chi connectivity index (χ2v) is 5.77. The number of rotatable bonds is 6. The van der Waals surface area contributed by atoms with Crippen LogP contribution in [0.15, 0.2) is 0 Å². The van der Waals surface area contributed by atoms with Crippen LogP contribution in [0.2, 0.25) is 0 Å². The van der Waals surface area contributed by atoms with Gasteiger partial charge in [0.25, 0.3) is 0 Å². The highest BCUT2D eigenvalue weighted by Gasteiger charge is 2.31. The maximum atomic E-state index is 10.9. The molecule has 0 radical (unpaired) electrons. The summed E-state index contributed by atoms with van der Waals surface area (Å²) in [5, 5.41) is 8.96. The van der Waals surface area contributed by atoms with E-state index < -0.39 is 5.97 Å². The van der Waals surface area contributed by atoms with E-state index >= 15 is 0 Å². The van der Waals surface area contributed by atoms with Crippen LogP contribution < -0.4 is 0 Å². The van der Waals surface area contributed by atoms with E-state index in [0.717, 1.165) is 12.8 Å². The van der Waals surface area contributed by atoms with Gasteiger partial charge in [0.1, 0.15) is 0 Å². The average molecular weight is 243 g/mol. The first kappa shape index (κ1) is 14.5. The molecule has 0 spiro atoms. The van der Waals surface area contributed by atoms with Crippen LogP contribution in [0.25, 0.3) is 0 Å². The Bertz CT molecular complexity index is 253. The van der Waals surface area contributed by atoms with Crippen LogP contribution in [-0.4, -0.2) is 48.8 Å². The highest BCUT2D eigenvalue weighted by molar-refractivity contribution is 5.69. The molecule has 0 aromatic rings. The first-order chi connectivity index (χ1) is 7.94. The lowest BCUT2D eigenvalue weighted by Gasteiger charge is -2.40. The van der Waals surface area contributed by atoms with Crippen LogP contribution in [0, 0.1) is 5.41 Å². The molecule has 0 aromatic carbocycles. The van der Waals surface area contributed by atoms with E-state index in [1.165, 1.54) is 12.8 Å². The Labute approximate surface area is 104 Å². The number of carbonyl (C=O) groups is 1. The molecular weight excluding hydrogens is 218 g/mol. The summed E-state index contributed by atoms with van der Waals surface area (Å²) in [6.07, 6.45) is 4.64. The molecule has 1 aliphatic carbocycles. The lowest BCUT2D eigenvalue weighted by Crippen LogP contribution is -2.45. The third-order valence-electron chi connectivity index (χ3n) is 3.62. The molecule has 1 fully saturated rings. The van der Waals surface area contributed by atoms with Gasteiger partial charge < -0.3 is 9.84 Å². The Morgan fingerprint density at radius 3 is 2.76 bits per heavy atom. The third-order valence-corrected chi connectivity index (χ3v) is 3.62. The largest absolute Gasteiger partial charge is 0.480 e. The van der Waals surface area contributed by atoms with Gasteiger partial charge in [0.2, 0.25) is 0 Å². The number of hydrogen-bond acceptors (Lipinski definition) is 3. The fraction of sp³-hybridized carbons (Fsp3) is 0.923. The van der Waals surface area contributed by atoms with Gasteiger partial charge in [-0.3, -0.25) is 9.69 Å². The Hall–Kier alpha value is -0.610. The number of nitrogens with zero attached hydrogens (tertiary/aromatic N) is 1. The SMILES string of the molecule is COCCN(CC(=O)O)C1CCCC(C)(C)C1. The summed E-state index contributed by atoms with van der Waals surface area (Å²) < 4.78 is 5.06. The number of ether oxygens (including phenoxy) is 1. The van der Waals surface area contributed by atoms with E-state index in [4.69, 9.17) is 9.84 Å². The average Bonchev–Trinajstić information content (AvgIpc) is 2.22. The summed E-state index contributed by atoms with van der Waals surface area (Å²) >= 11 is 0. The molecule has 4 nitrogen and oxygen atoms in total. The summed E-state index contributed by atoms with van der Waals surface area (Å²) in [6.45, 7) is 5.99. The molecule has 4 heteroatoms. The molecule has 0 bridgehead atoms. The predicted octanol–water partition coefficient (Wildman–Crippen LogP) is 1.99. The van der Waals surface area contributed by atoms with Gasteiger partial charge in [0.05, 0.1) is 13.2 Å². The van der Waals surface area contributed by atoms with Crippen LogP contribution in [0.4, 0.5) is 0 Å². The molecule has 0 saturated heterocycles. The van der Waals surface area contributed by atoms with E-state index in [2.05, 4.69) is 18.7 Å². The van der Waals surface area contributed by atoms with Crippen molar-refractivity contribution in [1.82, 2.24) is 4.90 Å². The number of carboxylic acid groups (broad SMARTS) is 1. The maximum absolute atomic E-state index is 10.9. The quantitative estimate of drug-likeness (QED) is 0.775. The van der Waals surface area contributed by atoms with Crippen molar-refractivity contribution in [2.45, 2.75) is 45.6 Å². The minimum absolute atomic E-state index is 0.129. The zero-order chi connectivity index (χ0) is 12.9. The van der Waals surface area contributed by atoms with Crippen molar-refractivity contribution < 1.29 is 14.6 Å². The first-order valence-electron chi connectivity index (χ1n) is 6.39. The van der Waals surface area contributed by atoms with Gasteiger partial charge >= 0.3 is 5.97 Å². The van der Waals surface area contributed by atoms with Crippen LogP contribution in [0.5, 0.6) is 0 Å². The van der Waals surface area contributed by atoms with Gasteiger partial charge in [0, 0.05) is 19.7 Å². The monoisotopic (exact) mass is 243 g/mol. The first-order valence-corrected chi connectivity index (χ1v) is 6.39. The van der Waals surface area contributed by atoms with E-state index in [-0.39, 0.29) is 6.54 Å². The smallest absolute Gasteiger partial charge is 0.317 e. The Kier molecular flexibility index (Phi) is 5.40. The second kappa shape index (κ2) is 6.36. The van der Waals surface area contributed by atoms with Crippen LogP contribution in [0.1, 0.15) is 39.5 Å². The molecule has 1 atom stereocenters. The molecule has 1 unspecified atom stereocenters. The van der Waals surface area contributed by atoms with Crippen LogP contribution >= 0.6 is 0 Å². The highest BCUT2D eigenvalue weighted by atomic mass is 16.5. The Morgan fingerprint density at radius 2 is 2.24 bits per heavy atom. The fourth-order valence-corrected chi connectivity index (χ4v) is 2.74. The Morgan fingerprint density at radius 1 is 1.53 bits per heavy atom. The van der Waals surface area contributed by atoms with Gasteiger partial charge in [-0.2, -0.15) is 0 Å². The van der Waals surface area contributed by atoms with E-state index in [1.807, 2.05) is 0 Å². The van der Waals surface area contributed by atoms with Gasteiger partial charge in [-0.25, -0.2) is 0 Å². The minimum Gasteiger partial charge on any atom is -0.480 e. The summed E-state index contributed by atoms with van der Waals surface area (Å²) in [6, 6.07) is 0.394. The maximum Gasteiger partial charge on any atom is 0.317 e. The Balaban J connectivity index is 2.57. The van der Waals surface area contributed by atoms with Crippen LogP contribution in [-0.2, 0) is 9.53 Å². The molecule has 17 heavy (non-hydrogen) atoms. The molecular formula is C13H25NO3. The number of methoxy groups -OCH3 is 1. The predicted molar refractivity (Wildman–Crippen MR) is 67.1 cm³/mol. The summed E-state index contributed by atoms with van der Waals surface area (Å²) in [4.78, 5) is 13.0. The van der Waals surface area contributed by atoms with Crippen molar-refractivity contribution in [3.63, 3.8) is 0 Å². The molecule has 1 saturated carbocycles. The normalized spacial score (nSPS) is 23.9. The van der Waals surface area contributed by atoms with Crippen molar-refractivity contribution in [2.75, 3.05) is 26.8 Å². The zero-order valence-electron chi connectivity index (χ0n) is 11.2. The van der Waals surface area contributed by atoms with Crippen molar-refractivity contribution in [3.05, 3.63) is 0 Å². The van der Waals surface area contributed by atoms with Gasteiger partial charge in [-0.1, -0.05) is 20.3 Å². The van der Waals surface area contributed by atoms with Crippen LogP contribution in [0.3, 0.4) is 0 Å². The van der Waals surface area contributed by atoms with E-state index in [0.29, 0.717) is 24.6 Å². The summed E-state index contributed by atoms with van der Waals surface area (Å²) in [7, 11) is 1.66. The molecule has 1 N–H and O–H groups in total. The van der Waals surface area contributed by atoms with Crippen molar-refractivity contribution in [3.8, 4) is 0 Å². The lowest BCUT2D eigenvalue weighted by atomic mass is 9.74. The molecule has 0 amide bonds. The molecule has 1 rings (SSSR count). The standard InChI is InChI=1S/C13H25NO3/c1-13(2)6-4-5-11(9-13)14(7-8-17-3)10-12(15)16/h11H,4-10H2,1-3H3,(H,15,16). The molecule has 100 valence electrons. The van der Waals surface area contributed by atoms with Crippen molar-refractivity contribution in [2.24, 2.45) is 5.41 Å². The van der Waals surface area contributed by atoms with Gasteiger partial charge in [0.15, 0.2) is 0 Å². The highest BCUT2D eigenvalue weighted by Crippen LogP contribution is 2.37. The topological polar surface area (TPSA) is 49.8 Å². The minimum atomic E-state index is -0.746. The number of hydrogen-bond donors (Lipinski definition) is 1. The zero-order valence-corrected chi connectivity index (χ0v) is 11.2. The van der Waals surface area contributed by atoms with E-state index in [9.17, 15) is 4.79 Å². The third kappa shape index (κ3) is 5.04.